The van der Waals surface area contributed by atoms with Crippen molar-refractivity contribution in [3.05, 3.63) is 29.3 Å². The largest absolute Gasteiger partial charge is 0.427 e. The van der Waals surface area contributed by atoms with Crippen LogP contribution in [0.5, 0.6) is 5.75 Å². The lowest BCUT2D eigenvalue weighted by Crippen LogP contribution is -2.53. The van der Waals surface area contributed by atoms with Crippen molar-refractivity contribution in [3.63, 3.8) is 0 Å². The average Bonchev–Trinajstić information content (AvgIpc) is 2.43. The van der Waals surface area contributed by atoms with Crippen molar-refractivity contribution in [2.75, 3.05) is 0 Å². The maximum Gasteiger partial charge on any atom is 0.311 e. The first-order chi connectivity index (χ1) is 11.8. The van der Waals surface area contributed by atoms with Gasteiger partial charge in [0.15, 0.2) is 0 Å². The molecule has 4 atom stereocenters. The molecule has 136 valence electrons. The van der Waals surface area contributed by atoms with Crippen LogP contribution in [-0.4, -0.2) is 10.3 Å². The third-order valence-electron chi connectivity index (χ3n) is 6.73. The predicted octanol–water partition coefficient (Wildman–Crippen LogP) is 6.15. The summed E-state index contributed by atoms with van der Waals surface area (Å²) in [7, 11) is 0. The zero-order chi connectivity index (χ0) is 17.8. The van der Waals surface area contributed by atoms with E-state index < -0.39 is 0 Å². The standard InChI is InChI=1S/C22H29BrO2/c1-14(2)19-5-4-18(6-15(19)3)25-20(24)12-21-8-16-7-17(9-21)11-22(23,10-16)13-21/h4-6,14,16-17H,7-13H2,1-3H3/t16-,17+,21?,22?. The van der Waals surface area contributed by atoms with Gasteiger partial charge in [0.25, 0.3) is 0 Å². The summed E-state index contributed by atoms with van der Waals surface area (Å²) in [5.41, 5.74) is 2.70. The molecule has 2 nitrogen and oxygen atoms in total. The van der Waals surface area contributed by atoms with Gasteiger partial charge in [0, 0.05) is 4.32 Å². The van der Waals surface area contributed by atoms with Crippen LogP contribution < -0.4 is 4.74 Å². The normalized spacial score (nSPS) is 36.0. The minimum absolute atomic E-state index is 0.0465. The van der Waals surface area contributed by atoms with E-state index in [0.29, 0.717) is 22.4 Å². The predicted molar refractivity (Wildman–Crippen MR) is 104 cm³/mol. The van der Waals surface area contributed by atoms with E-state index in [1.54, 1.807) is 0 Å². The van der Waals surface area contributed by atoms with Gasteiger partial charge < -0.3 is 4.74 Å². The van der Waals surface area contributed by atoms with Gasteiger partial charge in [-0.25, -0.2) is 0 Å². The minimum Gasteiger partial charge on any atom is -0.427 e. The fourth-order valence-electron chi connectivity index (χ4n) is 6.38. The highest BCUT2D eigenvalue weighted by Gasteiger charge is 2.57. The Balaban J connectivity index is 1.45. The van der Waals surface area contributed by atoms with E-state index >= 15 is 0 Å². The van der Waals surface area contributed by atoms with Crippen molar-refractivity contribution in [1.29, 1.82) is 0 Å². The molecule has 2 unspecified atom stereocenters. The van der Waals surface area contributed by atoms with Gasteiger partial charge in [-0.2, -0.15) is 0 Å². The topological polar surface area (TPSA) is 26.3 Å². The Morgan fingerprint density at radius 2 is 1.92 bits per heavy atom. The molecule has 1 aromatic carbocycles. The molecule has 4 fully saturated rings. The molecule has 4 saturated carbocycles. The molecule has 4 aliphatic rings. The molecule has 0 spiro atoms. The Bertz CT molecular complexity index is 679. The molecule has 4 bridgehead atoms. The number of hydrogen-bond acceptors (Lipinski definition) is 2. The van der Waals surface area contributed by atoms with Gasteiger partial charge in [-0.05, 0) is 91.9 Å². The van der Waals surface area contributed by atoms with Gasteiger partial charge >= 0.3 is 5.97 Å². The molecule has 25 heavy (non-hydrogen) atoms. The highest BCUT2D eigenvalue weighted by molar-refractivity contribution is 9.10. The summed E-state index contributed by atoms with van der Waals surface area (Å²) < 4.78 is 6.05. The number of benzene rings is 1. The van der Waals surface area contributed by atoms with E-state index in [2.05, 4.69) is 42.8 Å². The molecule has 0 aromatic heterocycles. The fourth-order valence-corrected chi connectivity index (χ4v) is 7.89. The van der Waals surface area contributed by atoms with Crippen LogP contribution in [0.25, 0.3) is 0 Å². The van der Waals surface area contributed by atoms with Gasteiger partial charge in [0.05, 0.1) is 6.42 Å². The van der Waals surface area contributed by atoms with Crippen LogP contribution in [0.15, 0.2) is 18.2 Å². The molecule has 1 aromatic rings. The zero-order valence-corrected chi connectivity index (χ0v) is 17.2. The van der Waals surface area contributed by atoms with Gasteiger partial charge in [0.1, 0.15) is 5.75 Å². The molecular formula is C22H29BrO2. The number of halogens is 1. The molecular weight excluding hydrogens is 376 g/mol. The number of alkyl halides is 1. The summed E-state index contributed by atoms with van der Waals surface area (Å²) >= 11 is 4.03. The molecule has 0 heterocycles. The maximum absolute atomic E-state index is 12.7. The lowest BCUT2D eigenvalue weighted by Gasteiger charge is -2.60. The second-order valence-electron chi connectivity index (χ2n) is 9.44. The van der Waals surface area contributed by atoms with Crippen molar-refractivity contribution in [3.8, 4) is 5.75 Å². The molecule has 3 heteroatoms. The van der Waals surface area contributed by atoms with Crippen LogP contribution >= 0.6 is 15.9 Å². The summed E-state index contributed by atoms with van der Waals surface area (Å²) in [6.45, 7) is 6.48. The number of carbonyl (C=O) groups excluding carboxylic acids is 1. The van der Waals surface area contributed by atoms with Gasteiger partial charge in [-0.3, -0.25) is 4.79 Å². The smallest absolute Gasteiger partial charge is 0.311 e. The maximum atomic E-state index is 12.7. The van der Waals surface area contributed by atoms with Gasteiger partial charge in [-0.1, -0.05) is 35.8 Å². The van der Waals surface area contributed by atoms with Crippen molar-refractivity contribution >= 4 is 21.9 Å². The number of rotatable bonds is 4. The minimum atomic E-state index is -0.0465. The lowest BCUT2D eigenvalue weighted by atomic mass is 9.49. The van der Waals surface area contributed by atoms with Crippen molar-refractivity contribution in [2.24, 2.45) is 17.3 Å². The Labute approximate surface area is 159 Å². The third kappa shape index (κ3) is 3.41. The molecule has 4 aliphatic carbocycles. The number of carbonyl (C=O) groups is 1. The van der Waals surface area contributed by atoms with E-state index in [9.17, 15) is 4.79 Å². The first-order valence-electron chi connectivity index (χ1n) is 9.76. The van der Waals surface area contributed by atoms with Gasteiger partial charge in [0.2, 0.25) is 0 Å². The highest BCUT2D eigenvalue weighted by Crippen LogP contribution is 2.65. The summed E-state index contributed by atoms with van der Waals surface area (Å²) in [4.78, 5) is 12.7. The van der Waals surface area contributed by atoms with E-state index in [4.69, 9.17) is 4.74 Å². The van der Waals surface area contributed by atoms with Crippen molar-refractivity contribution in [1.82, 2.24) is 0 Å². The van der Waals surface area contributed by atoms with Crippen LogP contribution in [0.1, 0.15) is 75.8 Å². The summed E-state index contributed by atoms with van der Waals surface area (Å²) in [6.07, 6.45) is 8.15. The second-order valence-corrected chi connectivity index (χ2v) is 11.1. The number of esters is 1. The first-order valence-corrected chi connectivity index (χ1v) is 10.6. The molecule has 5 rings (SSSR count). The number of hydrogen-bond donors (Lipinski definition) is 0. The van der Waals surface area contributed by atoms with Gasteiger partial charge in [-0.15, -0.1) is 0 Å². The molecule has 0 aliphatic heterocycles. The van der Waals surface area contributed by atoms with Crippen LogP contribution in [0.4, 0.5) is 0 Å². The number of aryl methyl sites for hydroxylation is 1. The summed E-state index contributed by atoms with van der Waals surface area (Å²) in [5.74, 6) is 2.76. The van der Waals surface area contributed by atoms with Crippen LogP contribution in [0.2, 0.25) is 0 Å². The van der Waals surface area contributed by atoms with Crippen LogP contribution in [0.3, 0.4) is 0 Å². The average molecular weight is 405 g/mol. The molecule has 0 amide bonds. The summed E-state index contributed by atoms with van der Waals surface area (Å²) in [5, 5.41) is 0. The van der Waals surface area contributed by atoms with E-state index in [1.807, 2.05) is 12.1 Å². The molecule has 0 N–H and O–H groups in total. The Morgan fingerprint density at radius 1 is 1.24 bits per heavy atom. The SMILES string of the molecule is Cc1cc(OC(=O)CC23C[C@@H]4C[C@@H](CC(Br)(C4)C2)C3)ccc1C(C)C. The van der Waals surface area contributed by atoms with E-state index in [1.165, 1.54) is 43.2 Å². The van der Waals surface area contributed by atoms with Crippen molar-refractivity contribution < 1.29 is 9.53 Å². The highest BCUT2D eigenvalue weighted by atomic mass is 79.9. The molecule has 0 saturated heterocycles. The van der Waals surface area contributed by atoms with Crippen LogP contribution in [0, 0.1) is 24.2 Å². The van der Waals surface area contributed by atoms with Crippen LogP contribution in [-0.2, 0) is 4.79 Å². The third-order valence-corrected chi connectivity index (χ3v) is 7.65. The van der Waals surface area contributed by atoms with Crippen molar-refractivity contribution in [2.45, 2.75) is 76.0 Å². The monoisotopic (exact) mass is 404 g/mol. The lowest BCUT2D eigenvalue weighted by molar-refractivity contribution is -0.141. The Kier molecular flexibility index (Phi) is 4.30. The summed E-state index contributed by atoms with van der Waals surface area (Å²) in [6, 6.07) is 6.06. The Morgan fingerprint density at radius 3 is 2.48 bits per heavy atom. The van der Waals surface area contributed by atoms with E-state index in [0.717, 1.165) is 18.3 Å². The molecule has 0 radical (unpaired) electrons. The second kappa shape index (κ2) is 6.11. The Hall–Kier alpha value is -0.830. The zero-order valence-electron chi connectivity index (χ0n) is 15.6. The fraction of sp³-hybridized carbons (Fsp3) is 0.682. The number of ether oxygens (including phenoxy) is 1. The van der Waals surface area contributed by atoms with E-state index in [-0.39, 0.29) is 11.4 Å². The first kappa shape index (κ1) is 17.6. The quantitative estimate of drug-likeness (QED) is 0.341.